The van der Waals surface area contributed by atoms with Crippen LogP contribution in [0.2, 0.25) is 0 Å². The maximum atomic E-state index is 11.8. The second-order valence-electron chi connectivity index (χ2n) is 6.01. The Bertz CT molecular complexity index is 637. The van der Waals surface area contributed by atoms with E-state index in [9.17, 15) is 4.79 Å². The number of unbranched alkanes of at least 4 members (excludes halogenated alkanes) is 2. The molecule has 0 amide bonds. The number of carbonyl (C=O) groups excluding carboxylic acids is 1. The summed E-state index contributed by atoms with van der Waals surface area (Å²) >= 11 is 5.37. The third-order valence-electron chi connectivity index (χ3n) is 3.95. The highest BCUT2D eigenvalue weighted by Gasteiger charge is 2.15. The van der Waals surface area contributed by atoms with Crippen LogP contribution in [0.15, 0.2) is 60.7 Å². The minimum Gasteiger partial charge on any atom is -0.464 e. The van der Waals surface area contributed by atoms with E-state index in [4.69, 9.17) is 17.0 Å². The molecule has 0 saturated heterocycles. The van der Waals surface area contributed by atoms with Gasteiger partial charge in [0.1, 0.15) is 6.54 Å². The van der Waals surface area contributed by atoms with Crippen molar-refractivity contribution in [1.29, 1.82) is 0 Å². The zero-order chi connectivity index (χ0) is 18.6. The van der Waals surface area contributed by atoms with E-state index in [0.29, 0.717) is 11.7 Å². The topological polar surface area (TPSA) is 50.4 Å². The molecule has 0 radical (unpaired) electrons. The number of carbonyl (C=O) groups is 1. The van der Waals surface area contributed by atoms with Gasteiger partial charge in [-0.15, -0.1) is 0 Å². The molecule has 0 saturated carbocycles. The van der Waals surface area contributed by atoms with E-state index in [-0.39, 0.29) is 18.6 Å². The van der Waals surface area contributed by atoms with Crippen molar-refractivity contribution in [1.82, 2.24) is 10.6 Å². The van der Waals surface area contributed by atoms with Crippen LogP contribution in [-0.2, 0) is 9.53 Å². The molecule has 0 aliphatic carbocycles. The minimum absolute atomic E-state index is 0.0637. The summed E-state index contributed by atoms with van der Waals surface area (Å²) in [6.45, 7) is 2.64. The summed E-state index contributed by atoms with van der Waals surface area (Å²) < 4.78 is 5.18. The van der Waals surface area contributed by atoms with E-state index in [1.54, 1.807) is 0 Å². The molecule has 0 aromatic heterocycles. The second kappa shape index (κ2) is 11.3. The highest BCUT2D eigenvalue weighted by atomic mass is 32.1. The normalized spacial score (nSPS) is 10.4. The Hall–Kier alpha value is -2.40. The SMILES string of the molecule is CCCCCOC(=O)CNC(=S)NC(c1ccccc1)c1ccccc1. The van der Waals surface area contributed by atoms with Crippen LogP contribution in [0.1, 0.15) is 43.4 Å². The first-order valence-electron chi connectivity index (χ1n) is 9.00. The molecule has 4 nitrogen and oxygen atoms in total. The summed E-state index contributed by atoms with van der Waals surface area (Å²) in [6.07, 6.45) is 3.07. The molecule has 2 rings (SSSR count). The van der Waals surface area contributed by atoms with Gasteiger partial charge in [-0.05, 0) is 29.8 Å². The zero-order valence-corrected chi connectivity index (χ0v) is 15.9. The van der Waals surface area contributed by atoms with Crippen molar-refractivity contribution in [2.45, 2.75) is 32.2 Å². The first-order chi connectivity index (χ1) is 12.7. The molecule has 0 fully saturated rings. The lowest BCUT2D eigenvalue weighted by molar-refractivity contribution is -0.142. The molecule has 0 bridgehead atoms. The Labute approximate surface area is 161 Å². The fraction of sp³-hybridized carbons (Fsp3) is 0.333. The monoisotopic (exact) mass is 370 g/mol. The molecule has 5 heteroatoms. The highest BCUT2D eigenvalue weighted by Crippen LogP contribution is 2.21. The summed E-state index contributed by atoms with van der Waals surface area (Å²) in [6, 6.07) is 20.1. The maximum absolute atomic E-state index is 11.8. The molecule has 0 heterocycles. The molecule has 2 aromatic carbocycles. The molecule has 0 atom stereocenters. The second-order valence-corrected chi connectivity index (χ2v) is 6.42. The molecule has 2 N–H and O–H groups in total. The quantitative estimate of drug-likeness (QED) is 0.397. The average Bonchev–Trinajstić information content (AvgIpc) is 2.69. The number of hydrogen-bond donors (Lipinski definition) is 2. The third-order valence-corrected chi connectivity index (χ3v) is 4.21. The summed E-state index contributed by atoms with van der Waals surface area (Å²) in [4.78, 5) is 11.8. The highest BCUT2D eigenvalue weighted by molar-refractivity contribution is 7.80. The molecule has 0 unspecified atom stereocenters. The predicted octanol–water partition coefficient (Wildman–Crippen LogP) is 3.97. The van der Waals surface area contributed by atoms with Gasteiger partial charge < -0.3 is 15.4 Å². The number of benzene rings is 2. The Balaban J connectivity index is 1.90. The molecular weight excluding hydrogens is 344 g/mol. The molecule has 0 aliphatic heterocycles. The van der Waals surface area contributed by atoms with Gasteiger partial charge in [0.05, 0.1) is 12.6 Å². The predicted molar refractivity (Wildman–Crippen MR) is 109 cm³/mol. The third kappa shape index (κ3) is 6.84. The largest absolute Gasteiger partial charge is 0.464 e. The van der Waals surface area contributed by atoms with Crippen molar-refractivity contribution in [2.75, 3.05) is 13.2 Å². The first-order valence-corrected chi connectivity index (χ1v) is 9.41. The summed E-state index contributed by atoms with van der Waals surface area (Å²) in [5.74, 6) is -0.291. The Kier molecular flexibility index (Phi) is 8.63. The van der Waals surface area contributed by atoms with E-state index in [1.165, 1.54) is 0 Å². The van der Waals surface area contributed by atoms with Gasteiger partial charge in [-0.25, -0.2) is 0 Å². The summed E-state index contributed by atoms with van der Waals surface area (Å²) in [7, 11) is 0. The first kappa shape index (κ1) is 19.9. The smallest absolute Gasteiger partial charge is 0.325 e. The van der Waals surface area contributed by atoms with Crippen LogP contribution in [0, 0.1) is 0 Å². The number of nitrogens with one attached hydrogen (secondary N) is 2. The van der Waals surface area contributed by atoms with Crippen molar-refractivity contribution in [3.8, 4) is 0 Å². The van der Waals surface area contributed by atoms with Gasteiger partial charge in [0.15, 0.2) is 5.11 Å². The molecule has 0 aliphatic rings. The Morgan fingerprint density at radius 1 is 1.00 bits per heavy atom. The van der Waals surface area contributed by atoms with E-state index in [0.717, 1.165) is 30.4 Å². The van der Waals surface area contributed by atoms with Gasteiger partial charge in [-0.2, -0.15) is 0 Å². The molecule has 2 aromatic rings. The molecule has 138 valence electrons. The lowest BCUT2D eigenvalue weighted by atomic mass is 9.99. The Morgan fingerprint density at radius 2 is 1.58 bits per heavy atom. The number of thiocarbonyl (C=S) groups is 1. The van der Waals surface area contributed by atoms with E-state index < -0.39 is 0 Å². The summed E-state index contributed by atoms with van der Waals surface area (Å²) in [5.41, 5.74) is 2.20. The van der Waals surface area contributed by atoms with Crippen molar-refractivity contribution in [3.63, 3.8) is 0 Å². The van der Waals surface area contributed by atoms with E-state index >= 15 is 0 Å². The van der Waals surface area contributed by atoms with Crippen LogP contribution in [0.25, 0.3) is 0 Å². The van der Waals surface area contributed by atoms with Crippen molar-refractivity contribution in [3.05, 3.63) is 71.8 Å². The molecular formula is C21H26N2O2S. The fourth-order valence-electron chi connectivity index (χ4n) is 2.57. The van der Waals surface area contributed by atoms with Crippen LogP contribution >= 0.6 is 12.2 Å². The van der Waals surface area contributed by atoms with Crippen LogP contribution < -0.4 is 10.6 Å². The lowest BCUT2D eigenvalue weighted by Crippen LogP contribution is -2.40. The van der Waals surface area contributed by atoms with Gasteiger partial charge in [0, 0.05) is 0 Å². The number of esters is 1. The van der Waals surface area contributed by atoms with E-state index in [2.05, 4.69) is 41.8 Å². The zero-order valence-electron chi connectivity index (χ0n) is 15.1. The standard InChI is InChI=1S/C21H26N2O2S/c1-2-3-10-15-25-19(24)16-22-21(26)23-20(17-11-6-4-7-12-17)18-13-8-5-9-14-18/h4-9,11-14,20H,2-3,10,15-16H2,1H3,(H2,22,23,26). The van der Waals surface area contributed by atoms with E-state index in [1.807, 2.05) is 36.4 Å². The number of ether oxygens (including phenoxy) is 1. The van der Waals surface area contributed by atoms with Gasteiger partial charge in [0.25, 0.3) is 0 Å². The number of rotatable bonds is 9. The van der Waals surface area contributed by atoms with Crippen LogP contribution in [0.4, 0.5) is 0 Å². The van der Waals surface area contributed by atoms with Gasteiger partial charge >= 0.3 is 5.97 Å². The maximum Gasteiger partial charge on any atom is 0.325 e. The fourth-order valence-corrected chi connectivity index (χ4v) is 2.76. The van der Waals surface area contributed by atoms with Gasteiger partial charge in [-0.1, -0.05) is 80.4 Å². The lowest BCUT2D eigenvalue weighted by Gasteiger charge is -2.21. The van der Waals surface area contributed by atoms with Gasteiger partial charge in [-0.3, -0.25) is 4.79 Å². The summed E-state index contributed by atoms with van der Waals surface area (Å²) in [5, 5.41) is 6.66. The van der Waals surface area contributed by atoms with Crippen LogP contribution in [-0.4, -0.2) is 24.2 Å². The molecule has 0 spiro atoms. The molecule has 26 heavy (non-hydrogen) atoms. The van der Waals surface area contributed by atoms with Crippen LogP contribution in [0.3, 0.4) is 0 Å². The van der Waals surface area contributed by atoms with Gasteiger partial charge in [0.2, 0.25) is 0 Å². The van der Waals surface area contributed by atoms with Crippen molar-refractivity contribution < 1.29 is 9.53 Å². The van der Waals surface area contributed by atoms with Crippen LogP contribution in [0.5, 0.6) is 0 Å². The van der Waals surface area contributed by atoms with Crippen molar-refractivity contribution in [2.24, 2.45) is 0 Å². The number of hydrogen-bond acceptors (Lipinski definition) is 3. The minimum atomic E-state index is -0.291. The Morgan fingerprint density at radius 3 is 2.12 bits per heavy atom. The van der Waals surface area contributed by atoms with Crippen molar-refractivity contribution >= 4 is 23.3 Å². The average molecular weight is 371 g/mol.